The Morgan fingerprint density at radius 2 is 2.04 bits per heavy atom. The molecule has 1 aliphatic rings. The highest BCUT2D eigenvalue weighted by Crippen LogP contribution is 2.27. The van der Waals surface area contributed by atoms with Crippen molar-refractivity contribution in [3.8, 4) is 0 Å². The lowest BCUT2D eigenvalue weighted by molar-refractivity contribution is -0.136. The summed E-state index contributed by atoms with van der Waals surface area (Å²) in [6, 6.07) is 8.69. The van der Waals surface area contributed by atoms with Gasteiger partial charge in [-0.3, -0.25) is 14.4 Å². The molecule has 1 saturated heterocycles. The molecule has 2 heterocycles. The second kappa shape index (κ2) is 7.86. The number of amides is 3. The van der Waals surface area contributed by atoms with Gasteiger partial charge in [-0.25, -0.2) is 0 Å². The topological polar surface area (TPSA) is 91.7 Å². The van der Waals surface area contributed by atoms with Crippen molar-refractivity contribution in [2.24, 2.45) is 0 Å². The van der Waals surface area contributed by atoms with E-state index in [-0.39, 0.29) is 12.5 Å². The normalized spacial score (nSPS) is 14.2. The maximum atomic E-state index is 12.2. The molecular formula is C19H21N3O4. The first-order valence-corrected chi connectivity index (χ1v) is 8.57. The van der Waals surface area contributed by atoms with Crippen molar-refractivity contribution in [1.29, 1.82) is 0 Å². The predicted molar refractivity (Wildman–Crippen MR) is 96.6 cm³/mol. The largest absolute Gasteiger partial charge is 0.467 e. The number of rotatable bonds is 4. The molecule has 0 atom stereocenters. The van der Waals surface area contributed by atoms with E-state index in [4.69, 9.17) is 4.42 Å². The van der Waals surface area contributed by atoms with E-state index in [1.54, 1.807) is 29.2 Å². The van der Waals surface area contributed by atoms with E-state index < -0.39 is 11.8 Å². The van der Waals surface area contributed by atoms with Crippen LogP contribution < -0.4 is 15.5 Å². The first kappa shape index (κ1) is 17.7. The van der Waals surface area contributed by atoms with Gasteiger partial charge in [0.15, 0.2) is 0 Å². The molecule has 1 aromatic carbocycles. The molecule has 2 aromatic rings. The van der Waals surface area contributed by atoms with Crippen molar-refractivity contribution in [2.45, 2.75) is 32.7 Å². The fraction of sp³-hybridized carbons (Fsp3) is 0.316. The van der Waals surface area contributed by atoms with Crippen LogP contribution in [-0.4, -0.2) is 24.3 Å². The van der Waals surface area contributed by atoms with Crippen LogP contribution in [0.1, 0.15) is 30.6 Å². The summed E-state index contributed by atoms with van der Waals surface area (Å²) in [4.78, 5) is 37.9. The molecule has 136 valence electrons. The highest BCUT2D eigenvalue weighted by molar-refractivity contribution is 6.39. The molecule has 0 bridgehead atoms. The van der Waals surface area contributed by atoms with E-state index in [9.17, 15) is 14.4 Å². The van der Waals surface area contributed by atoms with Crippen LogP contribution in [0.3, 0.4) is 0 Å². The van der Waals surface area contributed by atoms with Gasteiger partial charge in [0.25, 0.3) is 0 Å². The fourth-order valence-electron chi connectivity index (χ4n) is 2.89. The minimum atomic E-state index is -0.767. The number of aryl methyl sites for hydroxylation is 1. The lowest BCUT2D eigenvalue weighted by Gasteiger charge is -2.28. The van der Waals surface area contributed by atoms with Gasteiger partial charge in [0.05, 0.1) is 12.8 Å². The number of piperidine rings is 1. The average molecular weight is 355 g/mol. The van der Waals surface area contributed by atoms with E-state index in [1.165, 1.54) is 6.26 Å². The smallest absolute Gasteiger partial charge is 0.313 e. The zero-order chi connectivity index (χ0) is 18.5. The number of anilines is 2. The van der Waals surface area contributed by atoms with E-state index in [2.05, 4.69) is 10.6 Å². The highest BCUT2D eigenvalue weighted by Gasteiger charge is 2.22. The maximum Gasteiger partial charge on any atom is 0.313 e. The minimum Gasteiger partial charge on any atom is -0.467 e. The van der Waals surface area contributed by atoms with Gasteiger partial charge >= 0.3 is 11.8 Å². The average Bonchev–Trinajstić information content (AvgIpc) is 3.15. The van der Waals surface area contributed by atoms with Gasteiger partial charge in [-0.2, -0.15) is 0 Å². The summed E-state index contributed by atoms with van der Waals surface area (Å²) in [5, 5.41) is 5.07. The predicted octanol–water partition coefficient (Wildman–Crippen LogP) is 2.36. The summed E-state index contributed by atoms with van der Waals surface area (Å²) in [6.07, 6.45) is 3.89. The standard InChI is InChI=1S/C19H21N3O4/c1-13-7-8-14(11-16(13)22-9-3-2-6-17(22)23)21-19(25)18(24)20-12-15-5-4-10-26-15/h4-5,7-8,10-11H,2-3,6,9,12H2,1H3,(H,20,24)(H,21,25). The second-order valence-corrected chi connectivity index (χ2v) is 6.22. The molecule has 0 aliphatic carbocycles. The number of carbonyl (C=O) groups excluding carboxylic acids is 3. The number of nitrogens with one attached hydrogen (secondary N) is 2. The van der Waals surface area contributed by atoms with Crippen molar-refractivity contribution in [2.75, 3.05) is 16.8 Å². The monoisotopic (exact) mass is 355 g/mol. The molecule has 1 fully saturated rings. The Kier molecular flexibility index (Phi) is 5.36. The molecule has 0 saturated carbocycles. The molecule has 1 aromatic heterocycles. The van der Waals surface area contributed by atoms with Gasteiger partial charge < -0.3 is 20.0 Å². The zero-order valence-electron chi connectivity index (χ0n) is 14.6. The number of benzene rings is 1. The number of hydrogen-bond acceptors (Lipinski definition) is 4. The van der Waals surface area contributed by atoms with E-state index in [0.717, 1.165) is 24.1 Å². The minimum absolute atomic E-state index is 0.0824. The van der Waals surface area contributed by atoms with Gasteiger partial charge in [-0.15, -0.1) is 0 Å². The molecule has 0 unspecified atom stereocenters. The molecule has 0 radical (unpaired) electrons. The SMILES string of the molecule is Cc1ccc(NC(=O)C(=O)NCc2ccco2)cc1N1CCCCC1=O. The molecule has 7 heteroatoms. The zero-order valence-corrected chi connectivity index (χ0v) is 14.6. The summed E-state index contributed by atoms with van der Waals surface area (Å²) >= 11 is 0. The van der Waals surface area contributed by atoms with Crippen LogP contribution in [0.4, 0.5) is 11.4 Å². The Morgan fingerprint density at radius 1 is 1.19 bits per heavy atom. The van der Waals surface area contributed by atoms with Crippen LogP contribution in [-0.2, 0) is 20.9 Å². The van der Waals surface area contributed by atoms with Crippen molar-refractivity contribution in [1.82, 2.24) is 5.32 Å². The number of nitrogens with zero attached hydrogens (tertiary/aromatic N) is 1. The third-order valence-corrected chi connectivity index (χ3v) is 4.29. The number of furan rings is 1. The van der Waals surface area contributed by atoms with Crippen LogP contribution in [0.5, 0.6) is 0 Å². The molecule has 0 spiro atoms. The summed E-state index contributed by atoms with van der Waals surface area (Å²) < 4.78 is 5.10. The maximum absolute atomic E-state index is 12.2. The van der Waals surface area contributed by atoms with Crippen molar-refractivity contribution in [3.05, 3.63) is 47.9 Å². The fourth-order valence-corrected chi connectivity index (χ4v) is 2.89. The highest BCUT2D eigenvalue weighted by atomic mass is 16.3. The van der Waals surface area contributed by atoms with Crippen molar-refractivity contribution < 1.29 is 18.8 Å². The first-order chi connectivity index (χ1) is 12.5. The number of carbonyl (C=O) groups is 3. The molecule has 1 aliphatic heterocycles. The quantitative estimate of drug-likeness (QED) is 0.824. The summed E-state index contributed by atoms with van der Waals surface area (Å²) in [5.74, 6) is -0.875. The van der Waals surface area contributed by atoms with Gasteiger partial charge in [0, 0.05) is 24.3 Å². The van der Waals surface area contributed by atoms with Crippen LogP contribution in [0.25, 0.3) is 0 Å². The van der Waals surface area contributed by atoms with E-state index in [0.29, 0.717) is 24.4 Å². The molecule has 2 N–H and O–H groups in total. The lowest BCUT2D eigenvalue weighted by atomic mass is 10.1. The molecule has 7 nitrogen and oxygen atoms in total. The molecule has 3 rings (SSSR count). The Hall–Kier alpha value is -3.09. The van der Waals surface area contributed by atoms with Gasteiger partial charge in [0.1, 0.15) is 5.76 Å². The van der Waals surface area contributed by atoms with Crippen LogP contribution >= 0.6 is 0 Å². The number of hydrogen-bond donors (Lipinski definition) is 2. The van der Waals surface area contributed by atoms with Crippen LogP contribution in [0.2, 0.25) is 0 Å². The van der Waals surface area contributed by atoms with Crippen molar-refractivity contribution >= 4 is 29.1 Å². The van der Waals surface area contributed by atoms with E-state index >= 15 is 0 Å². The Bertz CT molecular complexity index is 814. The Labute approximate surface area is 151 Å². The van der Waals surface area contributed by atoms with Gasteiger partial charge in [-0.05, 0) is 49.6 Å². The summed E-state index contributed by atoms with van der Waals surface area (Å²) in [5.41, 5.74) is 2.19. The Morgan fingerprint density at radius 3 is 2.77 bits per heavy atom. The third-order valence-electron chi connectivity index (χ3n) is 4.29. The summed E-state index contributed by atoms with van der Waals surface area (Å²) in [7, 11) is 0. The third kappa shape index (κ3) is 4.11. The van der Waals surface area contributed by atoms with Gasteiger partial charge in [0.2, 0.25) is 5.91 Å². The van der Waals surface area contributed by atoms with Crippen LogP contribution in [0, 0.1) is 6.92 Å². The lowest BCUT2D eigenvalue weighted by Crippen LogP contribution is -2.36. The first-order valence-electron chi connectivity index (χ1n) is 8.57. The molecule has 26 heavy (non-hydrogen) atoms. The second-order valence-electron chi connectivity index (χ2n) is 6.22. The summed E-state index contributed by atoms with van der Waals surface area (Å²) in [6.45, 7) is 2.72. The molecular weight excluding hydrogens is 334 g/mol. The van der Waals surface area contributed by atoms with Gasteiger partial charge in [-0.1, -0.05) is 6.07 Å². The molecule has 3 amide bonds. The Balaban J connectivity index is 1.65. The van der Waals surface area contributed by atoms with Crippen LogP contribution in [0.15, 0.2) is 41.0 Å². The van der Waals surface area contributed by atoms with E-state index in [1.807, 2.05) is 13.0 Å². The van der Waals surface area contributed by atoms with Crippen molar-refractivity contribution in [3.63, 3.8) is 0 Å².